The number of fused-ring (bicyclic) bond motifs is 1. The zero-order valence-corrected chi connectivity index (χ0v) is 17.1. The highest BCUT2D eigenvalue weighted by Crippen LogP contribution is 2.47. The van der Waals surface area contributed by atoms with Crippen LogP contribution < -0.4 is 9.47 Å². The van der Waals surface area contributed by atoms with E-state index in [2.05, 4.69) is 0 Å². The molecule has 1 aliphatic rings. The molecule has 0 heterocycles. The average molecular weight is 423 g/mol. The van der Waals surface area contributed by atoms with Gasteiger partial charge in [0.1, 0.15) is 16.5 Å². The van der Waals surface area contributed by atoms with E-state index in [0.29, 0.717) is 29.9 Å². The lowest BCUT2D eigenvalue weighted by molar-refractivity contribution is -0.137. The van der Waals surface area contributed by atoms with Gasteiger partial charge < -0.3 is 14.6 Å². The number of hydrogen-bond donors (Lipinski definition) is 1. The number of carbonyl (C=O) groups excluding carboxylic acids is 1. The number of benzene rings is 2. The molecule has 0 aromatic heterocycles. The number of hydrogen-bond acceptors (Lipinski definition) is 4. The summed E-state index contributed by atoms with van der Waals surface area (Å²) in [7, 11) is 1.58. The van der Waals surface area contributed by atoms with E-state index in [1.165, 1.54) is 0 Å². The van der Waals surface area contributed by atoms with Crippen molar-refractivity contribution >= 4 is 35.0 Å². The first kappa shape index (κ1) is 20.5. The van der Waals surface area contributed by atoms with Crippen LogP contribution in [0, 0.1) is 0 Å². The van der Waals surface area contributed by atoms with Crippen LogP contribution in [-0.2, 0) is 16.6 Å². The zero-order chi connectivity index (χ0) is 20.5. The SMILES string of the molecule is COc1cccc(C2(C)Cc3cc(OCCCC(=O)O)c(Cl)c(Cl)c3C2=O)c1. The Morgan fingerprint density at radius 1 is 1.25 bits per heavy atom. The highest BCUT2D eigenvalue weighted by molar-refractivity contribution is 6.45. The van der Waals surface area contributed by atoms with Crippen molar-refractivity contribution in [1.82, 2.24) is 0 Å². The molecule has 0 saturated heterocycles. The average Bonchev–Trinajstić information content (AvgIpc) is 2.94. The molecule has 2 aromatic carbocycles. The van der Waals surface area contributed by atoms with Crippen LogP contribution >= 0.6 is 23.2 Å². The number of methoxy groups -OCH3 is 1. The van der Waals surface area contributed by atoms with Gasteiger partial charge in [-0.2, -0.15) is 0 Å². The van der Waals surface area contributed by atoms with Gasteiger partial charge in [-0.1, -0.05) is 35.3 Å². The third-order valence-corrected chi connectivity index (χ3v) is 5.88. The standard InChI is InChI=1S/C21H20Cl2O5/c1-21(13-5-3-6-14(10-13)27-2)11-12-9-15(28-8-4-7-16(24)25)18(22)19(23)17(12)20(21)26/h3,5-6,9-10H,4,7-8,11H2,1-2H3,(H,24,25). The molecule has 1 atom stereocenters. The quantitative estimate of drug-likeness (QED) is 0.639. The molecule has 0 bridgehead atoms. The summed E-state index contributed by atoms with van der Waals surface area (Å²) >= 11 is 12.7. The first-order valence-electron chi connectivity index (χ1n) is 8.82. The number of ether oxygens (including phenoxy) is 2. The van der Waals surface area contributed by atoms with E-state index in [1.54, 1.807) is 13.2 Å². The van der Waals surface area contributed by atoms with Crippen molar-refractivity contribution < 1.29 is 24.2 Å². The summed E-state index contributed by atoms with van der Waals surface area (Å²) in [6, 6.07) is 9.15. The highest BCUT2D eigenvalue weighted by Gasteiger charge is 2.45. The van der Waals surface area contributed by atoms with Crippen LogP contribution in [-0.4, -0.2) is 30.6 Å². The molecule has 2 aromatic rings. The number of aliphatic carboxylic acids is 1. The number of rotatable bonds is 7. The van der Waals surface area contributed by atoms with Crippen molar-refractivity contribution in [2.75, 3.05) is 13.7 Å². The minimum Gasteiger partial charge on any atom is -0.497 e. The minimum atomic E-state index is -0.888. The van der Waals surface area contributed by atoms with E-state index in [0.717, 1.165) is 11.1 Å². The Morgan fingerprint density at radius 3 is 2.68 bits per heavy atom. The number of ketones is 1. The van der Waals surface area contributed by atoms with Crippen molar-refractivity contribution in [2.24, 2.45) is 0 Å². The van der Waals surface area contributed by atoms with Crippen LogP contribution in [0.5, 0.6) is 11.5 Å². The molecule has 1 aliphatic carbocycles. The van der Waals surface area contributed by atoms with E-state index >= 15 is 0 Å². The monoisotopic (exact) mass is 422 g/mol. The second-order valence-electron chi connectivity index (χ2n) is 6.95. The van der Waals surface area contributed by atoms with Crippen molar-refractivity contribution in [3.05, 3.63) is 57.1 Å². The Morgan fingerprint density at radius 2 is 2.00 bits per heavy atom. The first-order chi connectivity index (χ1) is 13.3. The molecule has 1 unspecified atom stereocenters. The first-order valence-corrected chi connectivity index (χ1v) is 9.58. The van der Waals surface area contributed by atoms with Crippen molar-refractivity contribution in [3.8, 4) is 11.5 Å². The fraction of sp³-hybridized carbons (Fsp3) is 0.333. The zero-order valence-electron chi connectivity index (χ0n) is 15.6. The molecule has 0 spiro atoms. The topological polar surface area (TPSA) is 72.8 Å². The number of Topliss-reactive ketones (excluding diaryl/α,β-unsaturated/α-hetero) is 1. The minimum absolute atomic E-state index is 0.00267. The predicted molar refractivity (Wildman–Crippen MR) is 107 cm³/mol. The number of carbonyl (C=O) groups is 2. The van der Waals surface area contributed by atoms with Gasteiger partial charge in [0.15, 0.2) is 5.78 Å². The second-order valence-corrected chi connectivity index (χ2v) is 7.71. The molecule has 0 amide bonds. The fourth-order valence-electron chi connectivity index (χ4n) is 3.48. The number of carboxylic acid groups (broad SMARTS) is 1. The Hall–Kier alpha value is -2.24. The van der Waals surface area contributed by atoms with Crippen molar-refractivity contribution in [2.45, 2.75) is 31.6 Å². The highest BCUT2D eigenvalue weighted by atomic mass is 35.5. The normalized spacial score (nSPS) is 18.1. The van der Waals surface area contributed by atoms with Gasteiger partial charge in [0, 0.05) is 12.0 Å². The van der Waals surface area contributed by atoms with Gasteiger partial charge in [0.2, 0.25) is 0 Å². The van der Waals surface area contributed by atoms with Crippen LogP contribution in [0.1, 0.15) is 41.3 Å². The summed E-state index contributed by atoms with van der Waals surface area (Å²) in [5.41, 5.74) is 1.23. The summed E-state index contributed by atoms with van der Waals surface area (Å²) in [4.78, 5) is 23.9. The molecule has 1 N–H and O–H groups in total. The predicted octanol–water partition coefficient (Wildman–Crippen LogP) is 4.94. The summed E-state index contributed by atoms with van der Waals surface area (Å²) in [6.07, 6.45) is 0.806. The molecule has 5 nitrogen and oxygen atoms in total. The van der Waals surface area contributed by atoms with Crippen molar-refractivity contribution in [3.63, 3.8) is 0 Å². The Balaban J connectivity index is 1.92. The van der Waals surface area contributed by atoms with E-state index in [1.807, 2.05) is 31.2 Å². The van der Waals surface area contributed by atoms with E-state index in [9.17, 15) is 9.59 Å². The molecule has 28 heavy (non-hydrogen) atoms. The molecule has 0 saturated carbocycles. The molecular formula is C21H20Cl2O5. The van der Waals surface area contributed by atoms with Gasteiger partial charge in [0.25, 0.3) is 0 Å². The molecule has 0 fully saturated rings. The summed E-state index contributed by atoms with van der Waals surface area (Å²) in [5.74, 6) is 0.0500. The Labute approximate surface area is 173 Å². The van der Waals surface area contributed by atoms with Crippen LogP contribution in [0.2, 0.25) is 10.0 Å². The van der Waals surface area contributed by atoms with Crippen LogP contribution in [0.15, 0.2) is 30.3 Å². The lowest BCUT2D eigenvalue weighted by Gasteiger charge is -2.23. The van der Waals surface area contributed by atoms with Gasteiger partial charge in [-0.3, -0.25) is 9.59 Å². The number of carboxylic acids is 1. The third-order valence-electron chi connectivity index (χ3n) is 5.03. The fourth-order valence-corrected chi connectivity index (χ4v) is 3.99. The van der Waals surface area contributed by atoms with Gasteiger partial charge >= 0.3 is 5.97 Å². The maximum atomic E-state index is 13.2. The summed E-state index contributed by atoms with van der Waals surface area (Å²) < 4.78 is 10.9. The smallest absolute Gasteiger partial charge is 0.303 e. The third kappa shape index (κ3) is 3.69. The molecular weight excluding hydrogens is 403 g/mol. The Bertz CT molecular complexity index is 941. The molecule has 0 radical (unpaired) electrons. The van der Waals surface area contributed by atoms with Crippen LogP contribution in [0.3, 0.4) is 0 Å². The maximum absolute atomic E-state index is 13.2. The summed E-state index contributed by atoms with van der Waals surface area (Å²) in [6.45, 7) is 2.07. The molecule has 7 heteroatoms. The van der Waals surface area contributed by atoms with E-state index in [-0.39, 0.29) is 28.9 Å². The molecule has 3 rings (SSSR count). The lowest BCUT2D eigenvalue weighted by atomic mass is 9.79. The van der Waals surface area contributed by atoms with Gasteiger partial charge in [0.05, 0.1) is 24.2 Å². The van der Waals surface area contributed by atoms with E-state index < -0.39 is 11.4 Å². The van der Waals surface area contributed by atoms with Gasteiger partial charge in [-0.15, -0.1) is 0 Å². The van der Waals surface area contributed by atoms with Gasteiger partial charge in [-0.05, 0) is 49.1 Å². The van der Waals surface area contributed by atoms with Crippen LogP contribution in [0.25, 0.3) is 0 Å². The maximum Gasteiger partial charge on any atom is 0.303 e. The van der Waals surface area contributed by atoms with Gasteiger partial charge in [-0.25, -0.2) is 0 Å². The summed E-state index contributed by atoms with van der Waals surface area (Å²) in [5, 5.41) is 9.06. The largest absolute Gasteiger partial charge is 0.497 e. The molecule has 0 aliphatic heterocycles. The van der Waals surface area contributed by atoms with Crippen molar-refractivity contribution in [1.29, 1.82) is 0 Å². The van der Waals surface area contributed by atoms with E-state index in [4.69, 9.17) is 37.8 Å². The number of halogens is 2. The molecule has 148 valence electrons. The second kappa shape index (κ2) is 8.02. The Kier molecular flexibility index (Phi) is 5.87. The lowest BCUT2D eigenvalue weighted by Crippen LogP contribution is -2.29. The van der Waals surface area contributed by atoms with Crippen LogP contribution in [0.4, 0.5) is 0 Å².